The SMILES string of the molecule is COC(=O)[C@H](CC(=O)N1CCC2(CCN(C(=O)CCCOc3ccccc3)CC2)C1)NC(C)=O. The molecule has 9 nitrogen and oxygen atoms in total. The smallest absolute Gasteiger partial charge is 0.328 e. The molecule has 9 heteroatoms. The van der Waals surface area contributed by atoms with Crippen molar-refractivity contribution < 1.29 is 28.7 Å². The van der Waals surface area contributed by atoms with Crippen molar-refractivity contribution in [2.75, 3.05) is 39.9 Å². The van der Waals surface area contributed by atoms with Gasteiger partial charge in [0.1, 0.15) is 11.8 Å². The molecule has 1 spiro atoms. The Kier molecular flexibility index (Phi) is 8.90. The number of methoxy groups -OCH3 is 1. The number of piperidine rings is 1. The first kappa shape index (κ1) is 25.5. The second-order valence-corrected chi connectivity index (χ2v) is 9.19. The summed E-state index contributed by atoms with van der Waals surface area (Å²) in [5.41, 5.74) is 0.0115. The van der Waals surface area contributed by atoms with Gasteiger partial charge in [-0.3, -0.25) is 14.4 Å². The summed E-state index contributed by atoms with van der Waals surface area (Å²) in [4.78, 5) is 52.4. The van der Waals surface area contributed by atoms with Crippen molar-refractivity contribution in [1.82, 2.24) is 15.1 Å². The van der Waals surface area contributed by atoms with E-state index in [9.17, 15) is 19.2 Å². The molecular weight excluding hydrogens is 438 g/mol. The van der Waals surface area contributed by atoms with Gasteiger partial charge in [0, 0.05) is 39.5 Å². The predicted molar refractivity (Wildman–Crippen MR) is 125 cm³/mol. The van der Waals surface area contributed by atoms with Crippen LogP contribution < -0.4 is 10.1 Å². The number of nitrogens with zero attached hydrogens (tertiary/aromatic N) is 2. The minimum Gasteiger partial charge on any atom is -0.494 e. The van der Waals surface area contributed by atoms with Crippen molar-refractivity contribution in [3.8, 4) is 5.75 Å². The molecule has 2 saturated heterocycles. The van der Waals surface area contributed by atoms with E-state index in [-0.39, 0.29) is 29.6 Å². The standard InChI is InChI=1S/C25H35N3O6/c1-19(29)26-21(24(32)33-2)17-23(31)28-15-12-25(18-28)10-13-27(14-11-25)22(30)9-6-16-34-20-7-4-3-5-8-20/h3-5,7-8,21H,6,9-18H2,1-2H3,(H,26,29)/t21-/m0/s1. The molecule has 1 aromatic carbocycles. The van der Waals surface area contributed by atoms with Crippen LogP contribution in [0.15, 0.2) is 30.3 Å². The number of rotatable bonds is 9. The van der Waals surface area contributed by atoms with E-state index in [1.807, 2.05) is 35.2 Å². The molecule has 2 aliphatic heterocycles. The van der Waals surface area contributed by atoms with Crippen molar-refractivity contribution in [3.05, 3.63) is 30.3 Å². The van der Waals surface area contributed by atoms with Crippen LogP contribution in [0.4, 0.5) is 0 Å². The van der Waals surface area contributed by atoms with Gasteiger partial charge in [-0.2, -0.15) is 0 Å². The van der Waals surface area contributed by atoms with Gasteiger partial charge >= 0.3 is 5.97 Å². The molecule has 186 valence electrons. The highest BCUT2D eigenvalue weighted by molar-refractivity contribution is 5.89. The zero-order chi connectivity index (χ0) is 24.6. The van der Waals surface area contributed by atoms with E-state index in [0.717, 1.165) is 25.0 Å². The number of esters is 1. The van der Waals surface area contributed by atoms with Crippen LogP contribution in [0.1, 0.15) is 45.4 Å². The van der Waals surface area contributed by atoms with Gasteiger partial charge in [0.15, 0.2) is 0 Å². The number of amides is 3. The quantitative estimate of drug-likeness (QED) is 0.433. The van der Waals surface area contributed by atoms with Gasteiger partial charge < -0.3 is 24.6 Å². The maximum Gasteiger partial charge on any atom is 0.328 e. The molecule has 34 heavy (non-hydrogen) atoms. The summed E-state index contributed by atoms with van der Waals surface area (Å²) in [7, 11) is 1.23. The maximum absolute atomic E-state index is 12.8. The van der Waals surface area contributed by atoms with Crippen LogP contribution in [0.3, 0.4) is 0 Å². The van der Waals surface area contributed by atoms with Gasteiger partial charge in [0.25, 0.3) is 0 Å². The van der Waals surface area contributed by atoms with E-state index in [4.69, 9.17) is 9.47 Å². The molecule has 3 rings (SSSR count). The third-order valence-corrected chi connectivity index (χ3v) is 6.76. The number of carbonyl (C=O) groups excluding carboxylic acids is 4. The average Bonchev–Trinajstić information content (AvgIpc) is 3.25. The average molecular weight is 474 g/mol. The minimum atomic E-state index is -0.975. The number of para-hydroxylation sites is 1. The van der Waals surface area contributed by atoms with Gasteiger partial charge in [-0.1, -0.05) is 18.2 Å². The Hall–Kier alpha value is -3.10. The number of likely N-dealkylation sites (tertiary alicyclic amines) is 2. The first-order chi connectivity index (χ1) is 16.3. The number of nitrogens with one attached hydrogen (secondary N) is 1. The highest BCUT2D eigenvalue weighted by atomic mass is 16.5. The summed E-state index contributed by atoms with van der Waals surface area (Å²) in [6, 6.07) is 8.60. The third-order valence-electron chi connectivity index (χ3n) is 6.76. The fourth-order valence-electron chi connectivity index (χ4n) is 4.76. The Morgan fingerprint density at radius 3 is 2.26 bits per heavy atom. The van der Waals surface area contributed by atoms with E-state index >= 15 is 0 Å². The lowest BCUT2D eigenvalue weighted by atomic mass is 9.77. The second kappa shape index (κ2) is 11.9. The van der Waals surface area contributed by atoms with E-state index < -0.39 is 12.0 Å². The van der Waals surface area contributed by atoms with Crippen molar-refractivity contribution in [3.63, 3.8) is 0 Å². The lowest BCUT2D eigenvalue weighted by Crippen LogP contribution is -2.46. The molecule has 0 aliphatic carbocycles. The highest BCUT2D eigenvalue weighted by Gasteiger charge is 2.43. The number of hydrogen-bond donors (Lipinski definition) is 1. The van der Waals surface area contributed by atoms with E-state index in [0.29, 0.717) is 45.6 Å². The summed E-state index contributed by atoms with van der Waals surface area (Å²) in [6.07, 6.45) is 3.62. The molecule has 1 atom stereocenters. The number of hydrogen-bond acceptors (Lipinski definition) is 6. The van der Waals surface area contributed by atoms with Gasteiger partial charge in [-0.15, -0.1) is 0 Å². The molecule has 1 aromatic rings. The second-order valence-electron chi connectivity index (χ2n) is 9.19. The molecule has 2 aliphatic rings. The van der Waals surface area contributed by atoms with Gasteiger partial charge in [0.05, 0.1) is 20.1 Å². The van der Waals surface area contributed by atoms with Crippen molar-refractivity contribution >= 4 is 23.7 Å². The highest BCUT2D eigenvalue weighted by Crippen LogP contribution is 2.40. The van der Waals surface area contributed by atoms with Crippen LogP contribution in [-0.4, -0.2) is 79.4 Å². The van der Waals surface area contributed by atoms with Crippen LogP contribution >= 0.6 is 0 Å². The zero-order valence-electron chi connectivity index (χ0n) is 20.1. The Morgan fingerprint density at radius 1 is 1.00 bits per heavy atom. The molecule has 0 bridgehead atoms. The van der Waals surface area contributed by atoms with Crippen LogP contribution in [0.5, 0.6) is 5.75 Å². The Bertz CT molecular complexity index is 867. The first-order valence-corrected chi connectivity index (χ1v) is 11.9. The van der Waals surface area contributed by atoms with Gasteiger partial charge in [0.2, 0.25) is 17.7 Å². The van der Waals surface area contributed by atoms with E-state index in [2.05, 4.69) is 5.32 Å². The van der Waals surface area contributed by atoms with Crippen molar-refractivity contribution in [2.24, 2.45) is 5.41 Å². The molecule has 0 saturated carbocycles. The molecular formula is C25H35N3O6. The fourth-order valence-corrected chi connectivity index (χ4v) is 4.76. The summed E-state index contributed by atoms with van der Waals surface area (Å²) >= 11 is 0. The summed E-state index contributed by atoms with van der Waals surface area (Å²) < 4.78 is 10.4. The molecule has 0 unspecified atom stereocenters. The van der Waals surface area contributed by atoms with Crippen LogP contribution in [0, 0.1) is 5.41 Å². The van der Waals surface area contributed by atoms with E-state index in [1.165, 1.54) is 14.0 Å². The molecule has 2 heterocycles. The van der Waals surface area contributed by atoms with Crippen molar-refractivity contribution in [2.45, 2.75) is 51.5 Å². The van der Waals surface area contributed by atoms with Crippen molar-refractivity contribution in [1.29, 1.82) is 0 Å². The molecule has 0 radical (unpaired) electrons. The summed E-state index contributed by atoms with van der Waals surface area (Å²) in [6.45, 7) is 4.44. The lowest BCUT2D eigenvalue weighted by Gasteiger charge is -2.39. The van der Waals surface area contributed by atoms with E-state index in [1.54, 1.807) is 4.90 Å². The molecule has 1 N–H and O–H groups in total. The van der Waals surface area contributed by atoms with Gasteiger partial charge in [-0.05, 0) is 43.2 Å². The zero-order valence-corrected chi connectivity index (χ0v) is 20.1. The minimum absolute atomic E-state index is 0.0115. The Labute approximate surface area is 200 Å². The third kappa shape index (κ3) is 6.95. The van der Waals surface area contributed by atoms with Crippen LogP contribution in [0.25, 0.3) is 0 Å². The molecule has 2 fully saturated rings. The monoisotopic (exact) mass is 473 g/mol. The predicted octanol–water partition coefficient (Wildman–Crippen LogP) is 1.75. The summed E-state index contributed by atoms with van der Waals surface area (Å²) in [5.74, 6) is -0.222. The number of benzene rings is 1. The lowest BCUT2D eigenvalue weighted by molar-refractivity contribution is -0.147. The Morgan fingerprint density at radius 2 is 1.65 bits per heavy atom. The van der Waals surface area contributed by atoms with Crippen LogP contribution in [-0.2, 0) is 23.9 Å². The largest absolute Gasteiger partial charge is 0.494 e. The maximum atomic E-state index is 12.8. The topological polar surface area (TPSA) is 105 Å². The number of carbonyl (C=O) groups is 4. The number of ether oxygens (including phenoxy) is 2. The summed E-state index contributed by atoms with van der Waals surface area (Å²) in [5, 5.41) is 2.49. The van der Waals surface area contributed by atoms with Crippen LogP contribution in [0.2, 0.25) is 0 Å². The van der Waals surface area contributed by atoms with Gasteiger partial charge in [-0.25, -0.2) is 4.79 Å². The normalized spacial score (nSPS) is 17.8. The molecule has 0 aromatic heterocycles. The molecule has 3 amide bonds. The Balaban J connectivity index is 1.40. The fraction of sp³-hybridized carbons (Fsp3) is 0.600. The first-order valence-electron chi connectivity index (χ1n) is 11.9.